The van der Waals surface area contributed by atoms with Gasteiger partial charge in [0, 0.05) is 5.92 Å². The van der Waals surface area contributed by atoms with Gasteiger partial charge in [0.1, 0.15) is 6.61 Å². The molecule has 0 radical (unpaired) electrons. The molecule has 0 bridgehead atoms. The van der Waals surface area contributed by atoms with Crippen LogP contribution in [0, 0.1) is 5.92 Å². The van der Waals surface area contributed by atoms with Crippen molar-refractivity contribution >= 4 is 22.8 Å². The molecule has 18 heavy (non-hydrogen) atoms. The number of carbonyl (C=O) groups is 2. The van der Waals surface area contributed by atoms with Crippen LogP contribution in [-0.4, -0.2) is 11.2 Å². The summed E-state index contributed by atoms with van der Waals surface area (Å²) >= 11 is 5.44. The third-order valence-corrected chi connectivity index (χ3v) is 2.92. The number of carbonyl (C=O) groups excluding carboxylic acids is 2. The molecule has 1 unspecified atom stereocenters. The molecule has 98 valence electrons. The van der Waals surface area contributed by atoms with E-state index < -0.39 is 11.2 Å². The molecule has 0 fully saturated rings. The standard InChI is InChI=1S/C14H17ClO3/c1-2-6-12(14(15)17)9-13(16)18-10-11-7-4-3-5-8-11/h3-5,7-8,12H,2,6,9-10H2,1H3. The lowest BCUT2D eigenvalue weighted by molar-refractivity contribution is -0.147. The zero-order valence-corrected chi connectivity index (χ0v) is 11.2. The molecule has 0 aliphatic heterocycles. The molecule has 0 saturated carbocycles. The van der Waals surface area contributed by atoms with Gasteiger partial charge in [-0.2, -0.15) is 0 Å². The molecule has 0 spiro atoms. The molecule has 0 aliphatic rings. The van der Waals surface area contributed by atoms with Crippen molar-refractivity contribution in [3.63, 3.8) is 0 Å². The summed E-state index contributed by atoms with van der Waals surface area (Å²) in [6.45, 7) is 2.18. The Bertz CT molecular complexity index is 389. The van der Waals surface area contributed by atoms with Gasteiger partial charge in [0.15, 0.2) is 0 Å². The highest BCUT2D eigenvalue weighted by atomic mass is 35.5. The van der Waals surface area contributed by atoms with Crippen LogP contribution in [-0.2, 0) is 20.9 Å². The minimum absolute atomic E-state index is 0.0585. The number of rotatable bonds is 7. The minimum Gasteiger partial charge on any atom is -0.461 e. The number of hydrogen-bond acceptors (Lipinski definition) is 3. The van der Waals surface area contributed by atoms with Crippen molar-refractivity contribution in [1.29, 1.82) is 0 Å². The van der Waals surface area contributed by atoms with E-state index >= 15 is 0 Å². The molecule has 0 saturated heterocycles. The first kappa shape index (κ1) is 14.7. The van der Waals surface area contributed by atoms with E-state index in [1.807, 2.05) is 37.3 Å². The Morgan fingerprint density at radius 3 is 2.50 bits per heavy atom. The van der Waals surface area contributed by atoms with E-state index in [-0.39, 0.29) is 19.0 Å². The molecule has 0 aromatic heterocycles. The van der Waals surface area contributed by atoms with Crippen LogP contribution < -0.4 is 0 Å². The number of esters is 1. The number of hydrogen-bond donors (Lipinski definition) is 0. The van der Waals surface area contributed by atoms with Crippen LogP contribution in [0.25, 0.3) is 0 Å². The van der Waals surface area contributed by atoms with Gasteiger partial charge in [-0.15, -0.1) is 0 Å². The normalized spacial score (nSPS) is 11.9. The fourth-order valence-electron chi connectivity index (χ4n) is 1.64. The monoisotopic (exact) mass is 268 g/mol. The quantitative estimate of drug-likeness (QED) is 0.563. The first-order valence-corrected chi connectivity index (χ1v) is 6.40. The molecular weight excluding hydrogens is 252 g/mol. The molecular formula is C14H17ClO3. The summed E-state index contributed by atoms with van der Waals surface area (Å²) in [4.78, 5) is 22.7. The van der Waals surface area contributed by atoms with Gasteiger partial charge >= 0.3 is 5.97 Å². The molecule has 1 rings (SSSR count). The van der Waals surface area contributed by atoms with Gasteiger partial charge in [-0.25, -0.2) is 0 Å². The lowest BCUT2D eigenvalue weighted by Gasteiger charge is -2.10. The second-order valence-electron chi connectivity index (χ2n) is 4.14. The molecule has 0 amide bonds. The van der Waals surface area contributed by atoms with Gasteiger partial charge in [0.25, 0.3) is 0 Å². The van der Waals surface area contributed by atoms with Crippen molar-refractivity contribution in [3.8, 4) is 0 Å². The highest BCUT2D eigenvalue weighted by Crippen LogP contribution is 2.16. The molecule has 4 heteroatoms. The fourth-order valence-corrected chi connectivity index (χ4v) is 1.83. The van der Waals surface area contributed by atoms with Crippen molar-refractivity contribution < 1.29 is 14.3 Å². The highest BCUT2D eigenvalue weighted by molar-refractivity contribution is 6.64. The van der Waals surface area contributed by atoms with E-state index in [9.17, 15) is 9.59 Å². The predicted octanol–water partition coefficient (Wildman–Crippen LogP) is 3.30. The number of benzene rings is 1. The van der Waals surface area contributed by atoms with Crippen LogP contribution >= 0.6 is 11.6 Å². The Morgan fingerprint density at radius 2 is 1.94 bits per heavy atom. The smallest absolute Gasteiger partial charge is 0.306 e. The van der Waals surface area contributed by atoms with Crippen molar-refractivity contribution in [2.24, 2.45) is 5.92 Å². The molecule has 0 aliphatic carbocycles. The van der Waals surface area contributed by atoms with E-state index in [1.165, 1.54) is 0 Å². The van der Waals surface area contributed by atoms with E-state index in [4.69, 9.17) is 16.3 Å². The van der Waals surface area contributed by atoms with Gasteiger partial charge in [-0.1, -0.05) is 43.7 Å². The van der Waals surface area contributed by atoms with Gasteiger partial charge in [0.2, 0.25) is 5.24 Å². The van der Waals surface area contributed by atoms with Crippen LogP contribution in [0.5, 0.6) is 0 Å². The Kier molecular flexibility index (Phi) is 6.44. The summed E-state index contributed by atoms with van der Waals surface area (Å²) in [7, 11) is 0. The summed E-state index contributed by atoms with van der Waals surface area (Å²) in [6.07, 6.45) is 1.49. The van der Waals surface area contributed by atoms with E-state index in [1.54, 1.807) is 0 Å². The lowest BCUT2D eigenvalue weighted by Crippen LogP contribution is -2.16. The molecule has 1 aromatic carbocycles. The second kappa shape index (κ2) is 7.88. The summed E-state index contributed by atoms with van der Waals surface area (Å²) in [6, 6.07) is 9.42. The maximum Gasteiger partial charge on any atom is 0.306 e. The van der Waals surface area contributed by atoms with Crippen LogP contribution in [0.15, 0.2) is 30.3 Å². The predicted molar refractivity (Wildman–Crippen MR) is 70.1 cm³/mol. The van der Waals surface area contributed by atoms with Crippen LogP contribution in [0.2, 0.25) is 0 Å². The largest absolute Gasteiger partial charge is 0.461 e. The van der Waals surface area contributed by atoms with Gasteiger partial charge < -0.3 is 4.74 Å². The third-order valence-electron chi connectivity index (χ3n) is 2.61. The first-order chi connectivity index (χ1) is 8.63. The molecule has 3 nitrogen and oxygen atoms in total. The maximum absolute atomic E-state index is 11.6. The average Bonchev–Trinajstić information content (AvgIpc) is 2.37. The maximum atomic E-state index is 11.6. The summed E-state index contributed by atoms with van der Waals surface area (Å²) in [5.74, 6) is -0.814. The lowest BCUT2D eigenvalue weighted by atomic mass is 10.0. The zero-order valence-electron chi connectivity index (χ0n) is 10.4. The van der Waals surface area contributed by atoms with Crippen molar-refractivity contribution in [2.45, 2.75) is 32.8 Å². The Labute approximate surface area is 112 Å². The third kappa shape index (κ3) is 5.32. The fraction of sp³-hybridized carbons (Fsp3) is 0.429. The minimum atomic E-state index is -0.464. The van der Waals surface area contributed by atoms with E-state index in [0.717, 1.165) is 12.0 Å². The van der Waals surface area contributed by atoms with Crippen LogP contribution in [0.4, 0.5) is 0 Å². The van der Waals surface area contributed by atoms with Gasteiger partial charge in [-0.3, -0.25) is 9.59 Å². The molecule has 1 atom stereocenters. The second-order valence-corrected chi connectivity index (χ2v) is 4.51. The van der Waals surface area contributed by atoms with Gasteiger partial charge in [0.05, 0.1) is 6.42 Å². The molecule has 1 aromatic rings. The van der Waals surface area contributed by atoms with Crippen LogP contribution in [0.1, 0.15) is 31.7 Å². The Balaban J connectivity index is 2.39. The molecule has 0 N–H and O–H groups in total. The van der Waals surface area contributed by atoms with E-state index in [2.05, 4.69) is 0 Å². The Morgan fingerprint density at radius 1 is 1.28 bits per heavy atom. The molecule has 0 heterocycles. The summed E-state index contributed by atoms with van der Waals surface area (Å²) in [5.41, 5.74) is 0.926. The highest BCUT2D eigenvalue weighted by Gasteiger charge is 2.20. The Hall–Kier alpha value is -1.35. The first-order valence-electron chi connectivity index (χ1n) is 6.02. The van der Waals surface area contributed by atoms with Crippen LogP contribution in [0.3, 0.4) is 0 Å². The average molecular weight is 269 g/mol. The van der Waals surface area contributed by atoms with Crippen molar-refractivity contribution in [2.75, 3.05) is 0 Å². The number of ether oxygens (including phenoxy) is 1. The summed E-state index contributed by atoms with van der Waals surface area (Å²) < 4.78 is 5.11. The topological polar surface area (TPSA) is 43.4 Å². The van der Waals surface area contributed by atoms with E-state index in [0.29, 0.717) is 6.42 Å². The number of halogens is 1. The van der Waals surface area contributed by atoms with Crippen molar-refractivity contribution in [1.82, 2.24) is 0 Å². The van der Waals surface area contributed by atoms with Crippen molar-refractivity contribution in [3.05, 3.63) is 35.9 Å². The summed E-state index contributed by atoms with van der Waals surface area (Å²) in [5, 5.41) is -0.464. The zero-order chi connectivity index (χ0) is 13.4. The SMILES string of the molecule is CCCC(CC(=O)OCc1ccccc1)C(=O)Cl. The van der Waals surface area contributed by atoms with Gasteiger partial charge in [-0.05, 0) is 23.6 Å².